The Hall–Kier alpha value is -0.350. The van der Waals surface area contributed by atoms with E-state index in [-0.39, 0.29) is 0 Å². The third-order valence-electron chi connectivity index (χ3n) is 2.49. The Kier molecular flexibility index (Phi) is 4.41. The maximum absolute atomic E-state index is 5.88. The molecule has 16 heavy (non-hydrogen) atoms. The molecule has 1 unspecified atom stereocenters. The van der Waals surface area contributed by atoms with Gasteiger partial charge in [0.1, 0.15) is 0 Å². The van der Waals surface area contributed by atoms with Crippen LogP contribution in [0.4, 0.5) is 0 Å². The quantitative estimate of drug-likeness (QED) is 0.852. The Labute approximate surface area is 109 Å². The molecule has 0 amide bonds. The molecule has 1 nitrogen and oxygen atoms in total. The second kappa shape index (κ2) is 5.82. The Morgan fingerprint density at radius 1 is 1.38 bits per heavy atom. The average Bonchev–Trinajstić information content (AvgIpc) is 2.89. The lowest BCUT2D eigenvalue weighted by Gasteiger charge is -2.10. The number of rotatable bonds is 5. The molecule has 0 saturated heterocycles. The maximum Gasteiger partial charge on any atom is 0.0931 e. The zero-order valence-corrected chi connectivity index (χ0v) is 11.5. The Bertz CT molecular complexity index is 422. The molecule has 2 rings (SSSR count). The van der Waals surface area contributed by atoms with Crippen LogP contribution in [0.1, 0.15) is 23.3 Å². The molecule has 0 aliphatic rings. The van der Waals surface area contributed by atoms with E-state index in [4.69, 9.17) is 11.6 Å². The molecule has 1 N–H and O–H groups in total. The first-order valence-corrected chi connectivity index (χ1v) is 7.36. The van der Waals surface area contributed by atoms with Crippen molar-refractivity contribution in [3.8, 4) is 0 Å². The minimum absolute atomic E-state index is 0.571. The highest BCUT2D eigenvalue weighted by Crippen LogP contribution is 2.21. The van der Waals surface area contributed by atoms with Crippen molar-refractivity contribution in [1.82, 2.24) is 5.32 Å². The summed E-state index contributed by atoms with van der Waals surface area (Å²) in [5, 5.41) is 7.81. The van der Waals surface area contributed by atoms with E-state index < -0.39 is 0 Å². The van der Waals surface area contributed by atoms with Gasteiger partial charge in [-0.1, -0.05) is 18.5 Å². The predicted molar refractivity (Wildman–Crippen MR) is 73.8 cm³/mol. The van der Waals surface area contributed by atoms with Crippen LogP contribution in [0, 0.1) is 0 Å². The van der Waals surface area contributed by atoms with Crippen molar-refractivity contribution in [2.24, 2.45) is 0 Å². The summed E-state index contributed by atoms with van der Waals surface area (Å²) in [5.41, 5.74) is 1.42. The molecule has 86 valence electrons. The lowest BCUT2D eigenvalue weighted by atomic mass is 10.1. The first-order valence-electron chi connectivity index (χ1n) is 5.22. The number of hydrogen-bond donors (Lipinski definition) is 1. The van der Waals surface area contributed by atoms with Gasteiger partial charge in [0.05, 0.1) is 4.34 Å². The molecule has 2 aromatic rings. The smallest absolute Gasteiger partial charge is 0.0931 e. The van der Waals surface area contributed by atoms with Crippen LogP contribution in [0.15, 0.2) is 29.0 Å². The summed E-state index contributed by atoms with van der Waals surface area (Å²) >= 11 is 9.28. The fourth-order valence-electron chi connectivity index (χ4n) is 1.53. The first kappa shape index (κ1) is 12.1. The number of halogens is 1. The number of nitrogens with one attached hydrogen (secondary N) is 1. The molecule has 0 aliphatic carbocycles. The van der Waals surface area contributed by atoms with Gasteiger partial charge in [-0.2, -0.15) is 11.3 Å². The van der Waals surface area contributed by atoms with Gasteiger partial charge < -0.3 is 5.32 Å². The van der Waals surface area contributed by atoms with Crippen molar-refractivity contribution in [2.45, 2.75) is 19.4 Å². The van der Waals surface area contributed by atoms with Crippen LogP contribution >= 0.6 is 34.3 Å². The second-order valence-corrected chi connectivity index (χ2v) is 6.37. The molecule has 0 saturated carbocycles. The SMILES string of the molecule is CC(CNCc1ccc(Cl)s1)c1ccsc1. The molecular formula is C12H14ClNS2. The second-order valence-electron chi connectivity index (χ2n) is 3.79. The lowest BCUT2D eigenvalue weighted by molar-refractivity contribution is 0.620. The highest BCUT2D eigenvalue weighted by molar-refractivity contribution is 7.16. The monoisotopic (exact) mass is 271 g/mol. The molecule has 0 fully saturated rings. The predicted octanol–water partition coefficient (Wildman–Crippen LogP) is 4.36. The van der Waals surface area contributed by atoms with Gasteiger partial charge in [0, 0.05) is 18.0 Å². The van der Waals surface area contributed by atoms with E-state index in [2.05, 4.69) is 35.1 Å². The highest BCUT2D eigenvalue weighted by atomic mass is 35.5. The van der Waals surface area contributed by atoms with E-state index in [0.29, 0.717) is 5.92 Å². The summed E-state index contributed by atoms with van der Waals surface area (Å²) in [6, 6.07) is 6.22. The Balaban J connectivity index is 1.76. The van der Waals surface area contributed by atoms with Crippen LogP contribution in [0.25, 0.3) is 0 Å². The topological polar surface area (TPSA) is 12.0 Å². The van der Waals surface area contributed by atoms with Gasteiger partial charge in [-0.15, -0.1) is 11.3 Å². The van der Waals surface area contributed by atoms with Gasteiger partial charge in [-0.25, -0.2) is 0 Å². The first-order chi connectivity index (χ1) is 7.75. The Morgan fingerprint density at radius 3 is 2.88 bits per heavy atom. The third-order valence-corrected chi connectivity index (χ3v) is 4.42. The molecule has 0 aromatic carbocycles. The standard InChI is InChI=1S/C12H14ClNS2/c1-9(10-4-5-15-8-10)6-14-7-11-2-3-12(13)16-11/h2-5,8-9,14H,6-7H2,1H3. The summed E-state index contributed by atoms with van der Waals surface area (Å²) < 4.78 is 0.864. The summed E-state index contributed by atoms with van der Waals surface area (Å²) in [7, 11) is 0. The summed E-state index contributed by atoms with van der Waals surface area (Å²) in [5.74, 6) is 0.571. The van der Waals surface area contributed by atoms with Crippen molar-refractivity contribution < 1.29 is 0 Å². The molecule has 4 heteroatoms. The maximum atomic E-state index is 5.88. The number of thiophene rings is 2. The van der Waals surface area contributed by atoms with E-state index in [1.165, 1.54) is 10.4 Å². The minimum Gasteiger partial charge on any atom is -0.311 e. The van der Waals surface area contributed by atoms with Crippen LogP contribution in [-0.4, -0.2) is 6.54 Å². The third kappa shape index (κ3) is 3.32. The van der Waals surface area contributed by atoms with E-state index in [1.807, 2.05) is 6.07 Å². The van der Waals surface area contributed by atoms with Gasteiger partial charge >= 0.3 is 0 Å². The van der Waals surface area contributed by atoms with Crippen LogP contribution in [0.3, 0.4) is 0 Å². The summed E-state index contributed by atoms with van der Waals surface area (Å²) in [4.78, 5) is 1.29. The number of hydrogen-bond acceptors (Lipinski definition) is 3. The molecule has 2 heterocycles. The van der Waals surface area contributed by atoms with Crippen molar-refractivity contribution >= 4 is 34.3 Å². The molecule has 0 spiro atoms. The van der Waals surface area contributed by atoms with Gasteiger partial charge in [-0.05, 0) is 40.4 Å². The lowest BCUT2D eigenvalue weighted by Crippen LogP contribution is -2.18. The fourth-order valence-corrected chi connectivity index (χ4v) is 3.37. The van der Waals surface area contributed by atoms with Crippen molar-refractivity contribution in [1.29, 1.82) is 0 Å². The minimum atomic E-state index is 0.571. The van der Waals surface area contributed by atoms with Crippen LogP contribution in [0.2, 0.25) is 4.34 Å². The average molecular weight is 272 g/mol. The van der Waals surface area contributed by atoms with E-state index in [0.717, 1.165) is 17.4 Å². The van der Waals surface area contributed by atoms with Gasteiger partial charge in [-0.3, -0.25) is 0 Å². The van der Waals surface area contributed by atoms with Crippen molar-refractivity contribution in [3.63, 3.8) is 0 Å². The van der Waals surface area contributed by atoms with Gasteiger partial charge in [0.15, 0.2) is 0 Å². The van der Waals surface area contributed by atoms with E-state index >= 15 is 0 Å². The summed E-state index contributed by atoms with van der Waals surface area (Å²) in [6.07, 6.45) is 0. The van der Waals surface area contributed by atoms with Gasteiger partial charge in [0.2, 0.25) is 0 Å². The highest BCUT2D eigenvalue weighted by Gasteiger charge is 2.05. The largest absolute Gasteiger partial charge is 0.311 e. The van der Waals surface area contributed by atoms with Crippen molar-refractivity contribution in [2.75, 3.05) is 6.54 Å². The zero-order valence-electron chi connectivity index (χ0n) is 9.07. The van der Waals surface area contributed by atoms with Crippen molar-refractivity contribution in [3.05, 3.63) is 43.7 Å². The van der Waals surface area contributed by atoms with E-state index in [9.17, 15) is 0 Å². The van der Waals surface area contributed by atoms with Crippen LogP contribution in [-0.2, 0) is 6.54 Å². The molecule has 0 bridgehead atoms. The fraction of sp³-hybridized carbons (Fsp3) is 0.333. The molecule has 0 radical (unpaired) electrons. The van der Waals surface area contributed by atoms with Crippen LogP contribution < -0.4 is 5.32 Å². The van der Waals surface area contributed by atoms with Gasteiger partial charge in [0.25, 0.3) is 0 Å². The van der Waals surface area contributed by atoms with E-state index in [1.54, 1.807) is 22.7 Å². The zero-order chi connectivity index (χ0) is 11.4. The normalized spacial score (nSPS) is 12.9. The molecule has 1 atom stereocenters. The summed E-state index contributed by atoms with van der Waals surface area (Å²) in [6.45, 7) is 4.16. The molecule has 2 aromatic heterocycles. The molecule has 0 aliphatic heterocycles. The molecular weight excluding hydrogens is 258 g/mol. The van der Waals surface area contributed by atoms with Crippen LogP contribution in [0.5, 0.6) is 0 Å². The Morgan fingerprint density at radius 2 is 2.25 bits per heavy atom.